The van der Waals surface area contributed by atoms with Gasteiger partial charge in [0.25, 0.3) is 0 Å². The molecular weight excluding hydrogens is 222 g/mol. The lowest BCUT2D eigenvalue weighted by Crippen LogP contribution is -2.39. The van der Waals surface area contributed by atoms with Gasteiger partial charge in [-0.3, -0.25) is 24.1 Å². The maximum absolute atomic E-state index is 11.2. The Morgan fingerprint density at radius 3 is 2.20 bits per heavy atom. The topological polar surface area (TPSA) is 91.8 Å². The van der Waals surface area contributed by atoms with E-state index in [1.807, 2.05) is 0 Å². The Hall–Kier alpha value is -1.37. The van der Waals surface area contributed by atoms with Crippen LogP contribution < -0.4 is 0 Å². The highest BCUT2D eigenvalue weighted by Crippen LogP contribution is 2.12. The lowest BCUT2D eigenvalue weighted by Gasteiger charge is -2.13. The first-order chi connectivity index (χ1) is 6.93. The van der Waals surface area contributed by atoms with Gasteiger partial charge in [0.05, 0.1) is 6.54 Å². The number of carbonyl (C=O) groups is 4. The normalized spacial score (nSPS) is 18.1. The average molecular weight is 231 g/mol. The summed E-state index contributed by atoms with van der Waals surface area (Å²) in [6.07, 6.45) is 0.160. The van der Waals surface area contributed by atoms with E-state index in [1.54, 1.807) is 0 Å². The van der Waals surface area contributed by atoms with Gasteiger partial charge in [0, 0.05) is 12.8 Å². The molecule has 2 amide bonds. The van der Waals surface area contributed by atoms with Crippen LogP contribution in [0.4, 0.5) is 0 Å². The quantitative estimate of drug-likeness (QED) is 0.371. The third-order valence-electron chi connectivity index (χ3n) is 2.01. The van der Waals surface area contributed by atoms with Crippen LogP contribution in [0.15, 0.2) is 0 Å². The highest BCUT2D eigenvalue weighted by atomic mass is 32.1. The van der Waals surface area contributed by atoms with Crippen molar-refractivity contribution in [1.29, 1.82) is 0 Å². The summed E-state index contributed by atoms with van der Waals surface area (Å²) in [7, 11) is 0. The molecule has 7 heteroatoms. The van der Waals surface area contributed by atoms with E-state index in [-0.39, 0.29) is 12.8 Å². The molecule has 6 nitrogen and oxygen atoms in total. The summed E-state index contributed by atoms with van der Waals surface area (Å²) in [5.41, 5.74) is 0. The number of hydrogen-bond acceptors (Lipinski definition) is 5. The minimum absolute atomic E-state index is 0.0798. The van der Waals surface area contributed by atoms with Crippen molar-refractivity contribution in [3.05, 3.63) is 0 Å². The predicted octanol–water partition coefficient (Wildman–Crippen LogP) is -0.913. The lowest BCUT2D eigenvalue weighted by molar-refractivity contribution is -0.145. The number of carboxylic acids is 1. The van der Waals surface area contributed by atoms with E-state index in [0.717, 1.165) is 4.90 Å². The zero-order valence-electron chi connectivity index (χ0n) is 7.67. The standard InChI is InChI=1S/C8H9NO5S/c10-4(7(15)8(13)14)3-9-5(11)1-2-6(9)12/h7,15H,1-3H2,(H,13,14). The first-order valence-corrected chi connectivity index (χ1v) is 4.72. The number of Topliss-reactive ketones (excluding diaryl/α,β-unsaturated/α-hetero) is 1. The third-order valence-corrected chi connectivity index (χ3v) is 2.52. The molecule has 15 heavy (non-hydrogen) atoms. The van der Waals surface area contributed by atoms with Crippen LogP contribution in [-0.2, 0) is 19.2 Å². The fraction of sp³-hybridized carbons (Fsp3) is 0.500. The van der Waals surface area contributed by atoms with Gasteiger partial charge in [0.15, 0.2) is 11.0 Å². The predicted molar refractivity (Wildman–Crippen MR) is 51.4 cm³/mol. The summed E-state index contributed by atoms with van der Waals surface area (Å²) in [5, 5.41) is 6.98. The van der Waals surface area contributed by atoms with Gasteiger partial charge >= 0.3 is 5.97 Å². The monoisotopic (exact) mass is 231 g/mol. The molecule has 1 aliphatic rings. The van der Waals surface area contributed by atoms with Crippen molar-refractivity contribution in [2.45, 2.75) is 18.1 Å². The lowest BCUT2D eigenvalue weighted by atomic mass is 10.2. The molecule has 1 fully saturated rings. The van der Waals surface area contributed by atoms with E-state index in [9.17, 15) is 19.2 Å². The van der Waals surface area contributed by atoms with Crippen molar-refractivity contribution in [2.75, 3.05) is 6.54 Å². The van der Waals surface area contributed by atoms with Crippen LogP contribution in [0.25, 0.3) is 0 Å². The maximum Gasteiger partial charge on any atom is 0.324 e. The first kappa shape index (κ1) is 11.7. The maximum atomic E-state index is 11.2. The fourth-order valence-corrected chi connectivity index (χ4v) is 1.26. The number of aliphatic carboxylic acids is 1. The summed E-state index contributed by atoms with van der Waals surface area (Å²) in [5.74, 6) is -3.05. The average Bonchev–Trinajstić information content (AvgIpc) is 2.47. The second-order valence-electron chi connectivity index (χ2n) is 3.08. The number of likely N-dealkylation sites (tertiary alicyclic amines) is 1. The van der Waals surface area contributed by atoms with Gasteiger partial charge in [0.1, 0.15) is 0 Å². The van der Waals surface area contributed by atoms with Crippen LogP contribution in [-0.4, -0.2) is 45.4 Å². The highest BCUT2D eigenvalue weighted by Gasteiger charge is 2.33. The Bertz CT molecular complexity index is 324. The van der Waals surface area contributed by atoms with Crippen molar-refractivity contribution in [2.24, 2.45) is 0 Å². The SMILES string of the molecule is O=C(O)C(S)C(=O)CN1C(=O)CCC1=O. The van der Waals surface area contributed by atoms with Crippen LogP contribution in [0.5, 0.6) is 0 Å². The highest BCUT2D eigenvalue weighted by molar-refractivity contribution is 7.82. The molecule has 0 aliphatic carbocycles. The smallest absolute Gasteiger partial charge is 0.324 e. The summed E-state index contributed by atoms with van der Waals surface area (Å²) < 4.78 is 0. The molecule has 0 aromatic rings. The van der Waals surface area contributed by atoms with Crippen LogP contribution >= 0.6 is 12.6 Å². The van der Waals surface area contributed by atoms with Gasteiger partial charge in [-0.2, -0.15) is 12.6 Å². The van der Waals surface area contributed by atoms with Gasteiger partial charge in [-0.1, -0.05) is 0 Å². The Morgan fingerprint density at radius 1 is 1.33 bits per heavy atom. The van der Waals surface area contributed by atoms with E-state index in [4.69, 9.17) is 5.11 Å². The van der Waals surface area contributed by atoms with E-state index in [1.165, 1.54) is 0 Å². The summed E-state index contributed by atoms with van der Waals surface area (Å²) in [6.45, 7) is -0.502. The number of thiol groups is 1. The number of ketones is 1. The zero-order chi connectivity index (χ0) is 11.6. The Morgan fingerprint density at radius 2 is 1.80 bits per heavy atom. The first-order valence-electron chi connectivity index (χ1n) is 4.20. The van der Waals surface area contributed by atoms with E-state index < -0.39 is 35.4 Å². The van der Waals surface area contributed by atoms with Crippen molar-refractivity contribution < 1.29 is 24.3 Å². The van der Waals surface area contributed by atoms with E-state index >= 15 is 0 Å². The number of rotatable bonds is 4. The van der Waals surface area contributed by atoms with Gasteiger partial charge in [-0.25, -0.2) is 0 Å². The molecule has 1 atom stereocenters. The van der Waals surface area contributed by atoms with E-state index in [0.29, 0.717) is 0 Å². The van der Waals surface area contributed by atoms with Crippen LogP contribution in [0, 0.1) is 0 Å². The molecule has 1 N–H and O–H groups in total. The van der Waals surface area contributed by atoms with Crippen molar-refractivity contribution in [3.8, 4) is 0 Å². The third kappa shape index (κ3) is 2.56. The fourth-order valence-electron chi connectivity index (χ4n) is 1.18. The Balaban J connectivity index is 2.62. The summed E-state index contributed by atoms with van der Waals surface area (Å²) in [6, 6.07) is 0. The second-order valence-corrected chi connectivity index (χ2v) is 3.60. The van der Waals surface area contributed by atoms with Crippen LogP contribution in [0.2, 0.25) is 0 Å². The van der Waals surface area contributed by atoms with Crippen molar-refractivity contribution >= 4 is 36.2 Å². The number of carbonyl (C=O) groups excluding carboxylic acids is 3. The minimum Gasteiger partial charge on any atom is -0.480 e. The molecule has 0 saturated carbocycles. The molecule has 0 bridgehead atoms. The van der Waals surface area contributed by atoms with Crippen molar-refractivity contribution in [1.82, 2.24) is 4.90 Å². The van der Waals surface area contributed by atoms with E-state index in [2.05, 4.69) is 12.6 Å². The molecule has 0 aromatic carbocycles. The van der Waals surface area contributed by atoms with Crippen molar-refractivity contribution in [3.63, 3.8) is 0 Å². The number of nitrogens with zero attached hydrogens (tertiary/aromatic N) is 1. The molecule has 0 radical (unpaired) electrons. The largest absolute Gasteiger partial charge is 0.480 e. The molecule has 0 aromatic heterocycles. The number of hydrogen-bond donors (Lipinski definition) is 2. The van der Waals surface area contributed by atoms with Gasteiger partial charge in [0.2, 0.25) is 11.8 Å². The van der Waals surface area contributed by atoms with Crippen LogP contribution in [0.1, 0.15) is 12.8 Å². The molecule has 1 aliphatic heterocycles. The van der Waals surface area contributed by atoms with Gasteiger partial charge in [-0.15, -0.1) is 0 Å². The number of carboxylic acid groups (broad SMARTS) is 1. The summed E-state index contributed by atoms with van der Waals surface area (Å²) >= 11 is 3.55. The van der Waals surface area contributed by atoms with Crippen LogP contribution in [0.3, 0.4) is 0 Å². The second kappa shape index (κ2) is 4.43. The molecule has 82 valence electrons. The molecule has 1 heterocycles. The minimum atomic E-state index is -1.49. The molecule has 1 unspecified atom stereocenters. The molecule has 1 saturated heterocycles. The molecule has 0 spiro atoms. The molecule has 1 rings (SSSR count). The number of imide groups is 1. The number of amides is 2. The summed E-state index contributed by atoms with van der Waals surface area (Å²) in [4.78, 5) is 44.6. The van der Waals surface area contributed by atoms with Gasteiger partial charge in [-0.05, 0) is 0 Å². The zero-order valence-corrected chi connectivity index (χ0v) is 8.57. The Kier molecular flexibility index (Phi) is 3.46. The molecular formula is C8H9NO5S. The Labute approximate surface area is 90.6 Å². The van der Waals surface area contributed by atoms with Gasteiger partial charge < -0.3 is 5.11 Å².